The molecule has 2 aliphatic heterocycles. The summed E-state index contributed by atoms with van der Waals surface area (Å²) in [6.07, 6.45) is 5.19. The number of benzene rings is 1. The van der Waals surface area contributed by atoms with Crippen molar-refractivity contribution in [1.29, 1.82) is 0 Å². The van der Waals surface area contributed by atoms with E-state index in [0.717, 1.165) is 61.4 Å². The van der Waals surface area contributed by atoms with Crippen LogP contribution in [0.5, 0.6) is 0 Å². The highest BCUT2D eigenvalue weighted by molar-refractivity contribution is 5.99. The van der Waals surface area contributed by atoms with E-state index >= 15 is 0 Å². The van der Waals surface area contributed by atoms with Crippen LogP contribution in [0.1, 0.15) is 18.9 Å². The number of piperidine rings is 1. The summed E-state index contributed by atoms with van der Waals surface area (Å²) in [5.41, 5.74) is 2.18. The Bertz CT molecular complexity index is 1430. The van der Waals surface area contributed by atoms with E-state index in [-0.39, 0.29) is 11.7 Å². The lowest BCUT2D eigenvalue weighted by Gasteiger charge is -2.28. The summed E-state index contributed by atoms with van der Waals surface area (Å²) in [6.45, 7) is 4.70. The van der Waals surface area contributed by atoms with Crippen molar-refractivity contribution in [2.24, 2.45) is 0 Å². The lowest BCUT2D eigenvalue weighted by molar-refractivity contribution is 0.122. The van der Waals surface area contributed by atoms with Gasteiger partial charge in [0.25, 0.3) is 0 Å². The van der Waals surface area contributed by atoms with Gasteiger partial charge in [-0.1, -0.05) is 0 Å². The second-order valence-electron chi connectivity index (χ2n) is 9.28. The third-order valence-corrected chi connectivity index (χ3v) is 6.81. The normalized spacial score (nSPS) is 16.5. The molecule has 0 atom stereocenters. The van der Waals surface area contributed by atoms with Crippen LogP contribution < -0.4 is 20.9 Å². The van der Waals surface area contributed by atoms with E-state index in [1.165, 1.54) is 12.3 Å². The number of ether oxygens (including phenoxy) is 1. The monoisotopic (exact) mass is 517 g/mol. The van der Waals surface area contributed by atoms with Crippen LogP contribution in [0.25, 0.3) is 22.4 Å². The number of carbonyl (C=O) groups is 1. The van der Waals surface area contributed by atoms with Crippen molar-refractivity contribution < 1.29 is 13.9 Å². The Morgan fingerprint density at radius 2 is 1.84 bits per heavy atom. The van der Waals surface area contributed by atoms with Crippen LogP contribution in [0.15, 0.2) is 48.8 Å². The van der Waals surface area contributed by atoms with Crippen LogP contribution in [-0.2, 0) is 4.74 Å². The minimum atomic E-state index is -0.745. The first-order valence-corrected chi connectivity index (χ1v) is 12.7. The number of urea groups is 1. The minimum absolute atomic E-state index is 0.00400. The van der Waals surface area contributed by atoms with Gasteiger partial charge in [0.15, 0.2) is 11.5 Å². The average Bonchev–Trinajstić information content (AvgIpc) is 3.39. The molecule has 11 nitrogen and oxygen atoms in total. The number of hydrogen-bond donors (Lipinski definition) is 3. The Kier molecular flexibility index (Phi) is 6.80. The fourth-order valence-corrected chi connectivity index (χ4v) is 4.84. The first kappa shape index (κ1) is 24.2. The molecule has 0 radical (unpaired) electrons. The van der Waals surface area contributed by atoms with Crippen molar-refractivity contribution in [3.63, 3.8) is 0 Å². The van der Waals surface area contributed by atoms with Crippen molar-refractivity contribution in [1.82, 2.24) is 30.0 Å². The van der Waals surface area contributed by atoms with E-state index in [9.17, 15) is 9.18 Å². The van der Waals surface area contributed by atoms with E-state index < -0.39 is 12.0 Å². The second-order valence-corrected chi connectivity index (χ2v) is 9.28. The first-order chi connectivity index (χ1) is 18.7. The quantitative estimate of drug-likeness (QED) is 0.344. The van der Waals surface area contributed by atoms with Crippen LogP contribution in [0.4, 0.5) is 26.4 Å². The topological polar surface area (TPSA) is 122 Å². The molecule has 0 saturated carbocycles. The number of amides is 2. The third kappa shape index (κ3) is 5.00. The van der Waals surface area contributed by atoms with Crippen LogP contribution in [0.2, 0.25) is 0 Å². The van der Waals surface area contributed by atoms with E-state index in [2.05, 4.69) is 25.8 Å². The predicted molar refractivity (Wildman–Crippen MR) is 142 cm³/mol. The number of nitrogens with zero attached hydrogens (tertiary/aromatic N) is 6. The lowest BCUT2D eigenvalue weighted by atomic mass is 10.1. The molecule has 0 bridgehead atoms. The van der Waals surface area contributed by atoms with Crippen LogP contribution in [0.3, 0.4) is 0 Å². The molecule has 3 N–H and O–H groups in total. The van der Waals surface area contributed by atoms with Gasteiger partial charge < -0.3 is 25.6 Å². The first-order valence-electron chi connectivity index (χ1n) is 12.7. The van der Waals surface area contributed by atoms with Gasteiger partial charge in [0.05, 0.1) is 36.5 Å². The maximum absolute atomic E-state index is 13.7. The summed E-state index contributed by atoms with van der Waals surface area (Å²) in [6, 6.07) is 9.95. The highest BCUT2D eigenvalue weighted by Gasteiger charge is 2.24. The molecule has 0 aliphatic carbocycles. The van der Waals surface area contributed by atoms with Crippen molar-refractivity contribution in [2.45, 2.75) is 18.9 Å². The number of fused-ring (bicyclic) bond motifs is 1. The Morgan fingerprint density at radius 1 is 1.05 bits per heavy atom. The standard InChI is InChI=1S/C26H28FN9O2/c27-22-21(2-1-9-29-22)32-26(37)31-18-5-3-17(4-6-18)23-33-24(35-12-14-38-15-13-35)20-16-30-36(25(20)34-23)19-7-10-28-11-8-19/h1-6,9,16,19,28H,7-8,10-15H2,(H2,31,32,37). The zero-order chi connectivity index (χ0) is 25.9. The van der Waals surface area contributed by atoms with Crippen LogP contribution in [0, 0.1) is 5.95 Å². The molecule has 2 aliphatic rings. The van der Waals surface area contributed by atoms with Gasteiger partial charge in [0, 0.05) is 30.5 Å². The van der Waals surface area contributed by atoms with Gasteiger partial charge in [-0.25, -0.2) is 24.4 Å². The molecule has 38 heavy (non-hydrogen) atoms. The van der Waals surface area contributed by atoms with Gasteiger partial charge >= 0.3 is 6.03 Å². The maximum atomic E-state index is 13.7. The molecule has 1 aromatic carbocycles. The largest absolute Gasteiger partial charge is 0.378 e. The predicted octanol–water partition coefficient (Wildman–Crippen LogP) is 3.43. The molecule has 0 unspecified atom stereocenters. The molecule has 2 amide bonds. The summed E-state index contributed by atoms with van der Waals surface area (Å²) in [7, 11) is 0. The van der Waals surface area contributed by atoms with E-state index in [1.54, 1.807) is 18.2 Å². The van der Waals surface area contributed by atoms with Gasteiger partial charge in [-0.05, 0) is 62.3 Å². The molecule has 12 heteroatoms. The van der Waals surface area contributed by atoms with Gasteiger partial charge in [-0.2, -0.15) is 9.49 Å². The Hall–Kier alpha value is -4.16. The van der Waals surface area contributed by atoms with Gasteiger partial charge in [0.2, 0.25) is 5.95 Å². The maximum Gasteiger partial charge on any atom is 0.323 e. The number of carbonyl (C=O) groups excluding carboxylic acids is 1. The van der Waals surface area contributed by atoms with Crippen LogP contribution >= 0.6 is 0 Å². The van der Waals surface area contributed by atoms with E-state index in [1.807, 2.05) is 23.0 Å². The number of halogens is 1. The zero-order valence-corrected chi connectivity index (χ0v) is 20.7. The van der Waals surface area contributed by atoms with Crippen molar-refractivity contribution in [3.05, 3.63) is 54.7 Å². The number of anilines is 3. The van der Waals surface area contributed by atoms with Crippen molar-refractivity contribution >= 4 is 34.3 Å². The third-order valence-electron chi connectivity index (χ3n) is 6.81. The summed E-state index contributed by atoms with van der Waals surface area (Å²) >= 11 is 0. The lowest BCUT2D eigenvalue weighted by Crippen LogP contribution is -2.37. The number of morpholine rings is 1. The fourth-order valence-electron chi connectivity index (χ4n) is 4.84. The number of hydrogen-bond acceptors (Lipinski definition) is 8. The number of rotatable bonds is 5. The number of nitrogens with one attached hydrogen (secondary N) is 3. The van der Waals surface area contributed by atoms with Crippen molar-refractivity contribution in [3.8, 4) is 11.4 Å². The van der Waals surface area contributed by atoms with Crippen molar-refractivity contribution in [2.75, 3.05) is 54.9 Å². The molecular formula is C26H28FN9O2. The highest BCUT2D eigenvalue weighted by atomic mass is 19.1. The number of pyridine rings is 1. The molecule has 3 aromatic heterocycles. The molecule has 2 fully saturated rings. The summed E-state index contributed by atoms with van der Waals surface area (Å²) in [4.78, 5) is 28.0. The molecule has 4 aromatic rings. The Morgan fingerprint density at radius 3 is 2.61 bits per heavy atom. The molecule has 0 spiro atoms. The Balaban J connectivity index is 1.29. The molecule has 5 heterocycles. The molecular weight excluding hydrogens is 489 g/mol. The summed E-state index contributed by atoms with van der Waals surface area (Å²) < 4.78 is 21.3. The van der Waals surface area contributed by atoms with Gasteiger partial charge in [0.1, 0.15) is 5.82 Å². The van der Waals surface area contributed by atoms with E-state index in [4.69, 9.17) is 19.8 Å². The zero-order valence-electron chi connectivity index (χ0n) is 20.7. The Labute approximate surface area is 218 Å². The average molecular weight is 518 g/mol. The molecule has 2 saturated heterocycles. The van der Waals surface area contributed by atoms with Gasteiger partial charge in [-0.3, -0.25) is 0 Å². The second kappa shape index (κ2) is 10.7. The fraction of sp³-hybridized carbons (Fsp3) is 0.346. The number of aromatic nitrogens is 5. The SMILES string of the molecule is O=C(Nc1ccc(-c2nc(N3CCOCC3)c3cnn(C4CCNCC4)c3n2)cc1)Nc1cccnc1F. The molecule has 196 valence electrons. The van der Waals surface area contributed by atoms with Crippen LogP contribution in [-0.4, -0.2) is 70.2 Å². The highest BCUT2D eigenvalue weighted by Crippen LogP contribution is 2.31. The summed E-state index contributed by atoms with van der Waals surface area (Å²) in [5.74, 6) is 0.696. The summed E-state index contributed by atoms with van der Waals surface area (Å²) in [5, 5.41) is 14.3. The van der Waals surface area contributed by atoms with E-state index in [0.29, 0.717) is 24.7 Å². The molecule has 6 rings (SSSR count). The smallest absolute Gasteiger partial charge is 0.323 e. The minimum Gasteiger partial charge on any atom is -0.378 e. The van der Waals surface area contributed by atoms with Gasteiger partial charge in [-0.15, -0.1) is 0 Å².